The maximum absolute atomic E-state index is 12.2. The molecule has 1 aromatic heterocycles. The van der Waals surface area contributed by atoms with Crippen LogP contribution < -0.4 is 27.4 Å². The first-order chi connectivity index (χ1) is 15.0. The summed E-state index contributed by atoms with van der Waals surface area (Å²) in [5, 5.41) is 10.6. The zero-order valence-electron chi connectivity index (χ0n) is 19.0. The van der Waals surface area contributed by atoms with Crippen molar-refractivity contribution in [1.29, 1.82) is 5.41 Å². The molecule has 3 rings (SSSR count). The first-order valence-electron chi connectivity index (χ1n) is 10.5. The fourth-order valence-corrected chi connectivity index (χ4v) is 3.45. The molecule has 32 heavy (non-hydrogen) atoms. The molecule has 10 nitrogen and oxygen atoms in total. The molecule has 8 N–H and O–H groups in total. The van der Waals surface area contributed by atoms with Crippen LogP contribution in [0.5, 0.6) is 0 Å². The number of amides is 1. The van der Waals surface area contributed by atoms with Gasteiger partial charge in [-0.15, -0.1) is 0 Å². The van der Waals surface area contributed by atoms with E-state index < -0.39 is 5.41 Å². The van der Waals surface area contributed by atoms with E-state index in [9.17, 15) is 4.79 Å². The monoisotopic (exact) mass is 440 g/mol. The van der Waals surface area contributed by atoms with Gasteiger partial charge in [-0.25, -0.2) is 4.98 Å². The summed E-state index contributed by atoms with van der Waals surface area (Å²) in [6.07, 6.45) is -0.178. The summed E-state index contributed by atoms with van der Waals surface area (Å²) < 4.78 is 5.92. The number of amidine groups is 1. The minimum Gasteiger partial charge on any atom is -0.398 e. The number of anilines is 3. The van der Waals surface area contributed by atoms with E-state index in [1.807, 2.05) is 33.8 Å². The van der Waals surface area contributed by atoms with Crippen molar-refractivity contribution in [3.05, 3.63) is 29.8 Å². The van der Waals surface area contributed by atoms with Gasteiger partial charge in [0.2, 0.25) is 11.9 Å². The molecule has 10 heteroatoms. The second-order valence-electron chi connectivity index (χ2n) is 9.10. The van der Waals surface area contributed by atoms with E-state index in [4.69, 9.17) is 27.3 Å². The molecule has 2 heterocycles. The molecule has 1 aliphatic heterocycles. The van der Waals surface area contributed by atoms with Crippen molar-refractivity contribution in [3.8, 4) is 11.3 Å². The molecule has 0 aliphatic carbocycles. The van der Waals surface area contributed by atoms with Crippen LogP contribution in [0.4, 0.5) is 17.5 Å². The minimum atomic E-state index is -0.461. The lowest BCUT2D eigenvalue weighted by atomic mass is 9.95. The van der Waals surface area contributed by atoms with Gasteiger partial charge in [0.05, 0.1) is 24.4 Å². The second-order valence-corrected chi connectivity index (χ2v) is 9.10. The Balaban J connectivity index is 1.82. The van der Waals surface area contributed by atoms with Crippen LogP contribution in [0.1, 0.15) is 33.3 Å². The van der Waals surface area contributed by atoms with Gasteiger partial charge in [-0.1, -0.05) is 26.8 Å². The molecule has 2 atom stereocenters. The number of nitrogens with two attached hydrogens (primary N) is 3. The SMILES string of the molecule is C[C@@H]1CO[C@H](CNC(=O)C(C)(C)C)CN1c1cc(-c2ccc(C(=N)N)c(N)c2)nc(N)n1. The van der Waals surface area contributed by atoms with Crippen LogP contribution >= 0.6 is 0 Å². The maximum atomic E-state index is 12.2. The summed E-state index contributed by atoms with van der Waals surface area (Å²) in [6.45, 7) is 9.12. The quantitative estimate of drug-likeness (QED) is 0.263. The topological polar surface area (TPSA) is 169 Å². The van der Waals surface area contributed by atoms with E-state index in [1.54, 1.807) is 18.2 Å². The molecule has 0 spiro atoms. The highest BCUT2D eigenvalue weighted by molar-refractivity contribution is 6.00. The van der Waals surface area contributed by atoms with Crippen LogP contribution in [0.2, 0.25) is 0 Å². The van der Waals surface area contributed by atoms with Gasteiger partial charge in [-0.05, 0) is 19.1 Å². The number of nitrogens with zero attached hydrogens (tertiary/aromatic N) is 3. The van der Waals surface area contributed by atoms with Gasteiger partial charge in [0.1, 0.15) is 11.7 Å². The van der Waals surface area contributed by atoms with Crippen molar-refractivity contribution in [2.24, 2.45) is 11.1 Å². The molecule has 1 fully saturated rings. The Bertz CT molecular complexity index is 1020. The Morgan fingerprint density at radius 1 is 1.28 bits per heavy atom. The normalized spacial score (nSPS) is 18.9. The number of aromatic nitrogens is 2. The molecule has 2 aromatic rings. The van der Waals surface area contributed by atoms with Crippen molar-refractivity contribution in [2.75, 3.05) is 36.1 Å². The molecule has 1 aliphatic rings. The summed E-state index contributed by atoms with van der Waals surface area (Å²) in [6, 6.07) is 7.13. The molecule has 172 valence electrons. The number of rotatable bonds is 5. The number of carbonyl (C=O) groups is 1. The zero-order chi connectivity index (χ0) is 23.6. The van der Waals surface area contributed by atoms with E-state index in [0.717, 1.165) is 5.56 Å². The standard InChI is InChI=1S/C22H32N8O2/c1-12-11-32-14(9-27-20(31)22(2,3)4)10-30(12)18-8-17(28-21(26)29-18)13-5-6-15(19(24)25)16(23)7-13/h5-8,12,14H,9-11,23H2,1-4H3,(H3,24,25)(H,27,31)(H2,26,28,29)/t12-,14-/m1/s1. The first-order valence-corrected chi connectivity index (χ1v) is 10.5. The van der Waals surface area contributed by atoms with Crippen LogP contribution in [0.3, 0.4) is 0 Å². The third-order valence-electron chi connectivity index (χ3n) is 5.34. The largest absolute Gasteiger partial charge is 0.398 e. The number of morpholine rings is 1. The summed E-state index contributed by atoms with van der Waals surface area (Å²) in [5.74, 6) is 0.697. The molecular weight excluding hydrogens is 408 g/mol. The van der Waals surface area contributed by atoms with Crippen LogP contribution in [-0.4, -0.2) is 53.6 Å². The second kappa shape index (κ2) is 8.99. The van der Waals surface area contributed by atoms with Gasteiger partial charge in [-0.3, -0.25) is 10.2 Å². The number of hydrogen-bond donors (Lipinski definition) is 5. The van der Waals surface area contributed by atoms with Gasteiger partial charge in [0.15, 0.2) is 0 Å². The maximum Gasteiger partial charge on any atom is 0.225 e. The summed E-state index contributed by atoms with van der Waals surface area (Å²) >= 11 is 0. The lowest BCUT2D eigenvalue weighted by Crippen LogP contribution is -2.53. The summed E-state index contributed by atoms with van der Waals surface area (Å²) in [7, 11) is 0. The van der Waals surface area contributed by atoms with Crippen LogP contribution in [-0.2, 0) is 9.53 Å². The molecule has 0 radical (unpaired) electrons. The van der Waals surface area contributed by atoms with Gasteiger partial charge >= 0.3 is 0 Å². The Morgan fingerprint density at radius 2 is 2.00 bits per heavy atom. The van der Waals surface area contributed by atoms with Gasteiger partial charge < -0.3 is 32.2 Å². The van der Waals surface area contributed by atoms with E-state index in [2.05, 4.69) is 20.2 Å². The molecule has 0 unspecified atom stereocenters. The lowest BCUT2D eigenvalue weighted by molar-refractivity contribution is -0.129. The summed E-state index contributed by atoms with van der Waals surface area (Å²) in [5.41, 5.74) is 19.4. The zero-order valence-corrected chi connectivity index (χ0v) is 19.0. The summed E-state index contributed by atoms with van der Waals surface area (Å²) in [4.78, 5) is 23.1. The number of benzene rings is 1. The van der Waals surface area contributed by atoms with Crippen LogP contribution in [0.15, 0.2) is 24.3 Å². The first kappa shape index (κ1) is 23.3. The van der Waals surface area contributed by atoms with Crippen molar-refractivity contribution in [3.63, 3.8) is 0 Å². The Kier molecular flexibility index (Phi) is 6.54. The van der Waals surface area contributed by atoms with Crippen molar-refractivity contribution in [1.82, 2.24) is 15.3 Å². The third kappa shape index (κ3) is 5.25. The highest BCUT2D eigenvalue weighted by Crippen LogP contribution is 2.28. The highest BCUT2D eigenvalue weighted by Gasteiger charge is 2.29. The molecule has 0 bridgehead atoms. The van der Waals surface area contributed by atoms with E-state index in [1.165, 1.54) is 0 Å². The third-order valence-corrected chi connectivity index (χ3v) is 5.34. The predicted molar refractivity (Wildman–Crippen MR) is 126 cm³/mol. The fraction of sp³-hybridized carbons (Fsp3) is 0.455. The van der Waals surface area contributed by atoms with E-state index in [-0.39, 0.29) is 29.8 Å². The highest BCUT2D eigenvalue weighted by atomic mass is 16.5. The van der Waals surface area contributed by atoms with Crippen LogP contribution in [0, 0.1) is 10.8 Å². The van der Waals surface area contributed by atoms with Gasteiger partial charge in [0, 0.05) is 41.4 Å². The molecule has 1 saturated heterocycles. The Hall–Kier alpha value is -3.40. The van der Waals surface area contributed by atoms with E-state index in [0.29, 0.717) is 42.5 Å². The average Bonchev–Trinajstić information content (AvgIpc) is 2.71. The van der Waals surface area contributed by atoms with E-state index >= 15 is 0 Å². The van der Waals surface area contributed by atoms with Gasteiger partial charge in [-0.2, -0.15) is 4.98 Å². The van der Waals surface area contributed by atoms with Gasteiger partial charge in [0.25, 0.3) is 0 Å². The fourth-order valence-electron chi connectivity index (χ4n) is 3.45. The van der Waals surface area contributed by atoms with Crippen molar-refractivity contribution >= 4 is 29.2 Å². The van der Waals surface area contributed by atoms with Crippen molar-refractivity contribution < 1.29 is 9.53 Å². The number of carbonyl (C=O) groups excluding carboxylic acids is 1. The molecular formula is C22H32N8O2. The Labute approximate surface area is 188 Å². The van der Waals surface area contributed by atoms with Crippen LogP contribution in [0.25, 0.3) is 11.3 Å². The lowest BCUT2D eigenvalue weighted by Gasteiger charge is -2.39. The predicted octanol–water partition coefficient (Wildman–Crippen LogP) is 1.35. The number of hydrogen-bond acceptors (Lipinski definition) is 8. The van der Waals surface area contributed by atoms with Crippen molar-refractivity contribution in [2.45, 2.75) is 39.8 Å². The Morgan fingerprint density at radius 3 is 2.62 bits per heavy atom. The number of ether oxygens (including phenoxy) is 1. The number of nitrogens with one attached hydrogen (secondary N) is 2. The molecule has 1 aromatic carbocycles. The molecule has 1 amide bonds. The minimum absolute atomic E-state index is 0.0218. The molecule has 0 saturated carbocycles. The number of nitrogen functional groups attached to an aromatic ring is 3. The average molecular weight is 441 g/mol. The smallest absolute Gasteiger partial charge is 0.225 e.